The molecule has 1 unspecified atom stereocenters. The Hall–Kier alpha value is -0.110. The molecule has 58 valence electrons. The molecule has 1 nitrogen and oxygen atoms in total. The highest BCUT2D eigenvalue weighted by Crippen LogP contribution is 2.26. The van der Waals surface area contributed by atoms with Crippen LogP contribution in [0.2, 0.25) is 0 Å². The molecule has 0 aromatic carbocycles. The van der Waals surface area contributed by atoms with Gasteiger partial charge in [0.1, 0.15) is 0 Å². The lowest BCUT2D eigenvalue weighted by Gasteiger charge is -2.11. The molecule has 0 aromatic rings. The summed E-state index contributed by atoms with van der Waals surface area (Å²) in [6, 6.07) is 0. The van der Waals surface area contributed by atoms with Gasteiger partial charge < -0.3 is 5.32 Å². The fraction of sp³-hybridized carbons (Fsp3) is 0.750. The molecule has 1 atom stereocenters. The van der Waals surface area contributed by atoms with Crippen molar-refractivity contribution in [3.8, 4) is 0 Å². The number of hydrogen-bond donors (Lipinski definition) is 1. The zero-order valence-corrected chi connectivity index (χ0v) is 7.66. The molecule has 2 heteroatoms. The average Bonchev–Trinajstić information content (AvgIpc) is 2.34. The van der Waals surface area contributed by atoms with Crippen LogP contribution in [0.4, 0.5) is 0 Å². The van der Waals surface area contributed by atoms with Crippen molar-refractivity contribution in [2.75, 3.05) is 0 Å². The smallest absolute Gasteiger partial charge is 0.0758 e. The van der Waals surface area contributed by atoms with Crippen LogP contribution in [-0.4, -0.2) is 5.37 Å². The summed E-state index contributed by atoms with van der Waals surface area (Å²) in [6.07, 6.45) is 1.21. The van der Waals surface area contributed by atoms with Crippen molar-refractivity contribution in [3.63, 3.8) is 0 Å². The number of thioether (sulfide) groups is 1. The van der Waals surface area contributed by atoms with Gasteiger partial charge in [0, 0.05) is 5.70 Å². The summed E-state index contributed by atoms with van der Waals surface area (Å²) in [5.74, 6) is 0.657. The topological polar surface area (TPSA) is 12.0 Å². The first-order valence-electron chi connectivity index (χ1n) is 3.86. The van der Waals surface area contributed by atoms with E-state index in [2.05, 4.69) is 31.5 Å². The van der Waals surface area contributed by atoms with Crippen LogP contribution in [0.15, 0.2) is 11.1 Å². The van der Waals surface area contributed by atoms with Gasteiger partial charge in [-0.1, -0.05) is 20.8 Å². The molecule has 0 radical (unpaired) electrons. The second kappa shape index (κ2) is 3.33. The maximum Gasteiger partial charge on any atom is 0.0758 e. The molecule has 1 rings (SSSR count). The lowest BCUT2D eigenvalue weighted by Crippen LogP contribution is -2.21. The zero-order valence-electron chi connectivity index (χ0n) is 6.85. The predicted molar refractivity (Wildman–Crippen MR) is 47.7 cm³/mol. The van der Waals surface area contributed by atoms with Crippen LogP contribution in [0.3, 0.4) is 0 Å². The van der Waals surface area contributed by atoms with Crippen molar-refractivity contribution in [1.29, 1.82) is 0 Å². The molecule has 1 aliphatic rings. The molecule has 0 saturated heterocycles. The highest BCUT2D eigenvalue weighted by Gasteiger charge is 2.15. The van der Waals surface area contributed by atoms with E-state index in [1.807, 2.05) is 11.8 Å². The van der Waals surface area contributed by atoms with Crippen molar-refractivity contribution in [2.24, 2.45) is 5.92 Å². The Morgan fingerprint density at radius 2 is 2.40 bits per heavy atom. The molecule has 0 aliphatic carbocycles. The Bertz CT molecular complexity index is 140. The molecule has 0 spiro atoms. The van der Waals surface area contributed by atoms with Crippen molar-refractivity contribution in [3.05, 3.63) is 11.1 Å². The van der Waals surface area contributed by atoms with Gasteiger partial charge in [0.05, 0.1) is 5.37 Å². The van der Waals surface area contributed by atoms with Crippen LogP contribution < -0.4 is 5.32 Å². The summed E-state index contributed by atoms with van der Waals surface area (Å²) < 4.78 is 0. The minimum atomic E-state index is 0.636. The third-order valence-electron chi connectivity index (χ3n) is 1.68. The number of nitrogens with one attached hydrogen (secondary N) is 1. The Labute approximate surface area is 67.3 Å². The van der Waals surface area contributed by atoms with Gasteiger partial charge in [-0.25, -0.2) is 0 Å². The van der Waals surface area contributed by atoms with Gasteiger partial charge in [-0.2, -0.15) is 0 Å². The predicted octanol–water partition coefficient (Wildman–Crippen LogP) is 2.56. The first kappa shape index (κ1) is 7.99. The lowest BCUT2D eigenvalue weighted by atomic mass is 10.1. The standard InChI is InChI=1S/C8H15NS/c1-4-8-9-7(5-10-8)6(2)3/h5-6,8-9H,4H2,1-3H3. The first-order valence-corrected chi connectivity index (χ1v) is 4.80. The van der Waals surface area contributed by atoms with E-state index in [-0.39, 0.29) is 0 Å². The third kappa shape index (κ3) is 1.69. The quantitative estimate of drug-likeness (QED) is 0.661. The van der Waals surface area contributed by atoms with E-state index in [0.717, 1.165) is 0 Å². The van der Waals surface area contributed by atoms with Crippen molar-refractivity contribution in [2.45, 2.75) is 32.6 Å². The zero-order chi connectivity index (χ0) is 7.56. The first-order chi connectivity index (χ1) is 4.74. The molecule has 0 aromatic heterocycles. The molecule has 1 N–H and O–H groups in total. The monoisotopic (exact) mass is 157 g/mol. The summed E-state index contributed by atoms with van der Waals surface area (Å²) in [5.41, 5.74) is 1.40. The van der Waals surface area contributed by atoms with Gasteiger partial charge in [-0.15, -0.1) is 11.8 Å². The Balaban J connectivity index is 2.39. The Morgan fingerprint density at radius 3 is 2.70 bits per heavy atom. The molecular formula is C8H15NS. The van der Waals surface area contributed by atoms with Gasteiger partial charge in [0.15, 0.2) is 0 Å². The summed E-state index contributed by atoms with van der Waals surface area (Å²) in [5, 5.41) is 6.35. The largest absolute Gasteiger partial charge is 0.376 e. The SMILES string of the molecule is CCC1NC(C(C)C)=CS1. The molecule has 10 heavy (non-hydrogen) atoms. The van der Waals surface area contributed by atoms with E-state index < -0.39 is 0 Å². The second-order valence-corrected chi connectivity index (χ2v) is 3.98. The summed E-state index contributed by atoms with van der Waals surface area (Å²) in [6.45, 7) is 6.65. The van der Waals surface area contributed by atoms with Crippen LogP contribution in [0.25, 0.3) is 0 Å². The molecule has 0 bridgehead atoms. The Morgan fingerprint density at radius 1 is 1.70 bits per heavy atom. The summed E-state index contributed by atoms with van der Waals surface area (Å²) >= 11 is 1.91. The number of hydrogen-bond acceptors (Lipinski definition) is 2. The Kier molecular flexibility index (Phi) is 2.66. The van der Waals surface area contributed by atoms with Crippen LogP contribution in [0, 0.1) is 5.92 Å². The van der Waals surface area contributed by atoms with Gasteiger partial charge >= 0.3 is 0 Å². The van der Waals surface area contributed by atoms with Crippen LogP contribution in [0.1, 0.15) is 27.2 Å². The van der Waals surface area contributed by atoms with Crippen molar-refractivity contribution < 1.29 is 0 Å². The fourth-order valence-electron chi connectivity index (χ4n) is 0.910. The molecule has 0 amide bonds. The van der Waals surface area contributed by atoms with E-state index >= 15 is 0 Å². The fourth-order valence-corrected chi connectivity index (χ4v) is 1.96. The number of allylic oxidation sites excluding steroid dienone is 1. The molecular weight excluding hydrogens is 142 g/mol. The van der Waals surface area contributed by atoms with E-state index in [4.69, 9.17) is 0 Å². The maximum absolute atomic E-state index is 3.46. The van der Waals surface area contributed by atoms with Crippen LogP contribution in [-0.2, 0) is 0 Å². The van der Waals surface area contributed by atoms with Crippen molar-refractivity contribution in [1.82, 2.24) is 5.32 Å². The maximum atomic E-state index is 3.46. The normalized spacial score (nSPS) is 24.8. The number of rotatable bonds is 2. The van der Waals surface area contributed by atoms with Gasteiger partial charge in [-0.3, -0.25) is 0 Å². The minimum Gasteiger partial charge on any atom is -0.376 e. The van der Waals surface area contributed by atoms with E-state index in [1.165, 1.54) is 12.1 Å². The van der Waals surface area contributed by atoms with E-state index in [9.17, 15) is 0 Å². The molecule has 0 saturated carbocycles. The van der Waals surface area contributed by atoms with Gasteiger partial charge in [0.25, 0.3) is 0 Å². The van der Waals surface area contributed by atoms with Crippen LogP contribution >= 0.6 is 11.8 Å². The highest BCUT2D eigenvalue weighted by atomic mass is 32.2. The van der Waals surface area contributed by atoms with Gasteiger partial charge in [0.2, 0.25) is 0 Å². The lowest BCUT2D eigenvalue weighted by molar-refractivity contribution is 0.633. The summed E-state index contributed by atoms with van der Waals surface area (Å²) in [4.78, 5) is 0. The molecule has 1 aliphatic heterocycles. The van der Waals surface area contributed by atoms with E-state index in [0.29, 0.717) is 11.3 Å². The van der Waals surface area contributed by atoms with E-state index in [1.54, 1.807) is 0 Å². The highest BCUT2D eigenvalue weighted by molar-refractivity contribution is 8.02. The summed E-state index contributed by atoms with van der Waals surface area (Å²) in [7, 11) is 0. The van der Waals surface area contributed by atoms with Gasteiger partial charge in [-0.05, 0) is 17.7 Å². The van der Waals surface area contributed by atoms with Crippen molar-refractivity contribution >= 4 is 11.8 Å². The molecule has 0 fully saturated rings. The average molecular weight is 157 g/mol. The minimum absolute atomic E-state index is 0.636. The second-order valence-electron chi connectivity index (χ2n) is 2.91. The third-order valence-corrected chi connectivity index (χ3v) is 2.85. The van der Waals surface area contributed by atoms with Crippen LogP contribution in [0.5, 0.6) is 0 Å². The molecule has 1 heterocycles.